The molecule has 0 bridgehead atoms. The Bertz CT molecular complexity index is 1260. The van der Waals surface area contributed by atoms with Gasteiger partial charge in [0.1, 0.15) is 18.6 Å². The number of rotatable bonds is 16. The van der Waals surface area contributed by atoms with Gasteiger partial charge in [0, 0.05) is 56.3 Å². The van der Waals surface area contributed by atoms with Crippen molar-refractivity contribution in [2.45, 2.75) is 90.5 Å². The Balaban J connectivity index is 0.000000624. The van der Waals surface area contributed by atoms with Gasteiger partial charge >= 0.3 is 11.6 Å². The second-order valence-electron chi connectivity index (χ2n) is 14.0. The number of halogens is 1. The van der Waals surface area contributed by atoms with Gasteiger partial charge in [0.05, 0.1) is 29.6 Å². The van der Waals surface area contributed by atoms with Gasteiger partial charge < -0.3 is 40.2 Å². The maximum atomic E-state index is 10.4. The van der Waals surface area contributed by atoms with Crippen LogP contribution in [0.2, 0.25) is 77.1 Å². The predicted octanol–water partition coefficient (Wildman–Crippen LogP) is 6.74. The average molecular weight is 736 g/mol. The molecule has 0 amide bonds. The highest BCUT2D eigenvalue weighted by Gasteiger charge is 2.14. The molecule has 3 rings (SSSR count). The highest BCUT2D eigenvalue weighted by atomic mass is 35.5. The van der Waals surface area contributed by atoms with Crippen molar-refractivity contribution < 1.29 is 24.1 Å². The summed E-state index contributed by atoms with van der Waals surface area (Å²) in [6.45, 7) is 23.9. The van der Waals surface area contributed by atoms with E-state index in [1.165, 1.54) is 35.1 Å². The lowest BCUT2D eigenvalue weighted by Gasteiger charge is -2.15. The molecular weight excluding hydrogens is 682 g/mol. The molecule has 0 saturated carbocycles. The largest absolute Gasteiger partial charge is 0.390 e. The van der Waals surface area contributed by atoms with Crippen LogP contribution in [-0.4, -0.2) is 89.7 Å². The summed E-state index contributed by atoms with van der Waals surface area (Å²) in [5.41, 5.74) is 5.47. The number of nitrogens with one attached hydrogen (secondary N) is 1. The van der Waals surface area contributed by atoms with Crippen molar-refractivity contribution in [1.82, 2.24) is 29.8 Å². The van der Waals surface area contributed by atoms with Crippen LogP contribution in [0.1, 0.15) is 0 Å². The fraction of sp³-hybridized carbons (Fsp3) is 0.667. The Kier molecular flexibility index (Phi) is 21.2. The van der Waals surface area contributed by atoms with Crippen LogP contribution in [0.3, 0.4) is 0 Å². The number of aromatic nitrogens is 6. The second kappa shape index (κ2) is 22.6. The molecule has 0 aliphatic carbocycles. The molecule has 0 fully saturated rings. The van der Waals surface area contributed by atoms with Crippen molar-refractivity contribution >= 4 is 53.3 Å². The number of nitrogens with zero attached hydrogens (tertiary/aromatic N) is 7. The number of H-pyrrole nitrogens is 1. The van der Waals surface area contributed by atoms with Gasteiger partial charge in [-0.15, -0.1) is 5.10 Å². The van der Waals surface area contributed by atoms with Crippen LogP contribution in [0.4, 0.5) is 17.5 Å². The second-order valence-corrected chi connectivity index (χ2v) is 31.1. The molecule has 0 radical (unpaired) electrons. The first-order valence-electron chi connectivity index (χ1n) is 15.1. The van der Waals surface area contributed by atoms with E-state index < -0.39 is 34.1 Å². The zero-order valence-corrected chi connectivity index (χ0v) is 33.0. The Hall–Kier alpha value is -2.95. The highest BCUT2D eigenvalue weighted by Crippen LogP contribution is 2.10. The van der Waals surface area contributed by atoms with Gasteiger partial charge in [0.25, 0.3) is 0 Å². The zero-order chi connectivity index (χ0) is 36.1. The van der Waals surface area contributed by atoms with Gasteiger partial charge in [-0.1, -0.05) is 75.6 Å². The maximum absolute atomic E-state index is 10.4. The molecule has 3 aromatic heterocycles. The molecule has 0 unspecified atom stereocenters. The zero-order valence-electron chi connectivity index (χ0n) is 29.3. The third kappa shape index (κ3) is 26.8. The van der Waals surface area contributed by atoms with E-state index in [0.29, 0.717) is 25.2 Å². The molecule has 20 heteroatoms. The van der Waals surface area contributed by atoms with Crippen LogP contribution in [-0.2, 0) is 27.7 Å². The monoisotopic (exact) mass is 735 g/mol. The SMILES string of the molecule is C[Si](C)(C)CCOCCl.C[Si](C)(C)CCOCn1ccc(N)n1.C[Si](C)(C)CCOCn1ccc([N+](=O)[O-])n1.O=[N+]([O-])c1ccn[nH]1. The van der Waals surface area contributed by atoms with Crippen molar-refractivity contribution in [3.05, 3.63) is 57.0 Å². The lowest BCUT2D eigenvalue weighted by atomic mass is 10.7. The van der Waals surface area contributed by atoms with Crippen molar-refractivity contribution in [3.8, 4) is 0 Å². The van der Waals surface area contributed by atoms with Crippen LogP contribution < -0.4 is 5.73 Å². The van der Waals surface area contributed by atoms with Crippen LogP contribution in [0.25, 0.3) is 0 Å². The first-order chi connectivity index (χ1) is 21.7. The number of nitrogen functional groups attached to an aromatic ring is 1. The van der Waals surface area contributed by atoms with E-state index in [9.17, 15) is 20.2 Å². The first-order valence-corrected chi connectivity index (χ1v) is 26.8. The minimum atomic E-state index is -1.07. The first kappa shape index (κ1) is 44.1. The van der Waals surface area contributed by atoms with Crippen molar-refractivity contribution in [2.24, 2.45) is 0 Å². The van der Waals surface area contributed by atoms with E-state index in [2.05, 4.69) is 79.3 Å². The van der Waals surface area contributed by atoms with E-state index in [4.69, 9.17) is 31.5 Å². The summed E-state index contributed by atoms with van der Waals surface area (Å²) in [7, 11) is -2.92. The summed E-state index contributed by atoms with van der Waals surface area (Å²) in [5, 5.41) is 33.5. The smallest absolute Gasteiger partial charge is 0.382 e. The van der Waals surface area contributed by atoms with Crippen molar-refractivity contribution in [1.29, 1.82) is 0 Å². The normalized spacial score (nSPS) is 11.4. The Morgan fingerprint density at radius 2 is 1.23 bits per heavy atom. The van der Waals surface area contributed by atoms with Crippen molar-refractivity contribution in [3.63, 3.8) is 0 Å². The van der Waals surface area contributed by atoms with Gasteiger partial charge in [-0.3, -0.25) is 0 Å². The lowest BCUT2D eigenvalue weighted by Crippen LogP contribution is -2.22. The summed E-state index contributed by atoms with van der Waals surface area (Å²) < 4.78 is 19.0. The number of hydrogen-bond donors (Lipinski definition) is 2. The number of alkyl halides is 1. The number of anilines is 1. The molecule has 0 atom stereocenters. The van der Waals surface area contributed by atoms with Crippen LogP contribution in [0.15, 0.2) is 36.8 Å². The van der Waals surface area contributed by atoms with E-state index in [1.807, 2.05) is 6.20 Å². The van der Waals surface area contributed by atoms with Gasteiger partial charge in [-0.2, -0.15) is 9.78 Å². The van der Waals surface area contributed by atoms with Crippen LogP contribution >= 0.6 is 11.6 Å². The molecule has 47 heavy (non-hydrogen) atoms. The molecule has 3 heterocycles. The fourth-order valence-corrected chi connectivity index (χ4v) is 5.20. The molecule has 0 aliphatic heterocycles. The summed E-state index contributed by atoms with van der Waals surface area (Å²) in [6, 6.07) is 8.23. The summed E-state index contributed by atoms with van der Waals surface area (Å²) in [5.74, 6) is 0.317. The van der Waals surface area contributed by atoms with Gasteiger partial charge in [-0.05, 0) is 28.0 Å². The van der Waals surface area contributed by atoms with E-state index >= 15 is 0 Å². The third-order valence-corrected chi connectivity index (χ3v) is 10.9. The molecule has 16 nitrogen and oxygen atoms in total. The molecular formula is C27H54ClN9O7Si3. The standard InChI is InChI=1S/C9H17N3O3Si.C9H19N3OSi.C6H15ClOSi.C3H3N3O2/c1-16(2,3)7-6-15-8-11-5-4-9(10-11)12(13)14;1-14(2,3)7-6-13-8-12-5-4-9(10)11-12;1-9(2,3)5-4-8-6-7;7-6(8)3-1-2-4-5-3/h4-5H,6-8H2,1-3H3;4-5H,6-8H2,1-3H3,(H2,10,11);4-6H2,1-3H3;1-2H,(H,4,5). The predicted molar refractivity (Wildman–Crippen MR) is 194 cm³/mol. The number of hydrogen-bond acceptors (Lipinski definition) is 11. The average Bonchev–Trinajstić information content (AvgIpc) is 3.72. The fourth-order valence-electron chi connectivity index (χ4n) is 2.83. The minimum absolute atomic E-state index is 0.0787. The molecule has 0 saturated heterocycles. The molecule has 0 spiro atoms. The summed E-state index contributed by atoms with van der Waals surface area (Å²) >= 11 is 5.32. The molecule has 3 aromatic rings. The van der Waals surface area contributed by atoms with E-state index in [-0.39, 0.29) is 18.4 Å². The summed E-state index contributed by atoms with van der Waals surface area (Å²) in [4.78, 5) is 19.1. The highest BCUT2D eigenvalue weighted by molar-refractivity contribution is 6.76. The number of ether oxygens (including phenoxy) is 3. The van der Waals surface area contributed by atoms with Gasteiger partial charge in [-0.25, -0.2) is 4.68 Å². The quantitative estimate of drug-likeness (QED) is 0.0518. The summed E-state index contributed by atoms with van der Waals surface area (Å²) in [6.07, 6.45) is 4.70. The molecule has 268 valence electrons. The topological polar surface area (TPSA) is 204 Å². The number of nitrogens with two attached hydrogens (primary N) is 1. The van der Waals surface area contributed by atoms with Gasteiger partial charge in [0.2, 0.25) is 0 Å². The minimum Gasteiger partial charge on any atom is -0.382 e. The van der Waals surface area contributed by atoms with Crippen molar-refractivity contribution in [2.75, 3.05) is 31.6 Å². The molecule has 3 N–H and O–H groups in total. The van der Waals surface area contributed by atoms with E-state index in [0.717, 1.165) is 19.3 Å². The molecule has 0 aromatic carbocycles. The Labute approximate surface area is 285 Å². The lowest BCUT2D eigenvalue weighted by molar-refractivity contribution is -0.390. The van der Waals surface area contributed by atoms with Gasteiger partial charge in [0.15, 0.2) is 6.73 Å². The van der Waals surface area contributed by atoms with Crippen LogP contribution in [0.5, 0.6) is 0 Å². The van der Waals surface area contributed by atoms with Crippen LogP contribution in [0, 0.1) is 20.2 Å². The Morgan fingerprint density at radius 3 is 1.55 bits per heavy atom. The molecule has 0 aliphatic rings. The number of aromatic amines is 1. The third-order valence-electron chi connectivity index (χ3n) is 5.67. The number of nitro groups is 2. The van der Waals surface area contributed by atoms with E-state index in [1.54, 1.807) is 16.9 Å². The Morgan fingerprint density at radius 1 is 0.766 bits per heavy atom. The maximum Gasteiger partial charge on any atom is 0.390 e.